The van der Waals surface area contributed by atoms with Gasteiger partial charge in [0.05, 0.1) is 13.2 Å². The average molecular weight is 262 g/mol. The lowest BCUT2D eigenvalue weighted by molar-refractivity contribution is -0.149. The second kappa shape index (κ2) is 6.71. The van der Waals surface area contributed by atoms with Crippen LogP contribution >= 0.6 is 0 Å². The zero-order valence-electron chi connectivity index (χ0n) is 11.6. The van der Waals surface area contributed by atoms with Crippen LogP contribution in [0.3, 0.4) is 0 Å². The number of epoxide rings is 1. The van der Waals surface area contributed by atoms with Crippen LogP contribution in [0.5, 0.6) is 0 Å². The number of ether oxygens (including phenoxy) is 2. The van der Waals surface area contributed by atoms with Gasteiger partial charge in [0.15, 0.2) is 5.60 Å². The molecule has 1 heterocycles. The van der Waals surface area contributed by atoms with E-state index in [9.17, 15) is 4.79 Å². The van der Waals surface area contributed by atoms with E-state index in [1.54, 1.807) is 0 Å². The van der Waals surface area contributed by atoms with Gasteiger partial charge in [-0.1, -0.05) is 36.8 Å². The Kier molecular flexibility index (Phi) is 4.97. The monoisotopic (exact) mass is 262 g/mol. The molecule has 0 aliphatic carbocycles. The van der Waals surface area contributed by atoms with Crippen LogP contribution in [0.2, 0.25) is 0 Å². The summed E-state index contributed by atoms with van der Waals surface area (Å²) in [7, 11) is 0. The summed E-state index contributed by atoms with van der Waals surface area (Å²) >= 11 is 0. The van der Waals surface area contributed by atoms with Crippen molar-refractivity contribution in [3.63, 3.8) is 0 Å². The molecule has 0 spiro atoms. The minimum Gasteiger partial charge on any atom is -0.464 e. The predicted molar refractivity (Wildman–Crippen MR) is 73.9 cm³/mol. The van der Waals surface area contributed by atoms with Gasteiger partial charge in [-0.2, -0.15) is 0 Å². The fourth-order valence-corrected chi connectivity index (χ4v) is 2.28. The molecule has 2 rings (SSSR count). The fourth-order valence-electron chi connectivity index (χ4n) is 2.28. The van der Waals surface area contributed by atoms with Gasteiger partial charge in [-0.05, 0) is 38.2 Å². The molecule has 0 amide bonds. The van der Waals surface area contributed by atoms with Crippen molar-refractivity contribution in [1.29, 1.82) is 0 Å². The number of rotatable bonds is 8. The van der Waals surface area contributed by atoms with Gasteiger partial charge in [0.2, 0.25) is 0 Å². The van der Waals surface area contributed by atoms with Crippen molar-refractivity contribution < 1.29 is 14.3 Å². The molecular weight excluding hydrogens is 240 g/mol. The first-order valence-electron chi connectivity index (χ1n) is 7.12. The van der Waals surface area contributed by atoms with E-state index in [0.29, 0.717) is 13.2 Å². The van der Waals surface area contributed by atoms with Crippen LogP contribution in [-0.4, -0.2) is 24.8 Å². The number of aryl methyl sites for hydroxylation is 1. The van der Waals surface area contributed by atoms with Crippen molar-refractivity contribution in [2.75, 3.05) is 13.2 Å². The minimum absolute atomic E-state index is 0.182. The lowest BCUT2D eigenvalue weighted by Gasteiger charge is -2.10. The molecule has 1 saturated heterocycles. The second-order valence-corrected chi connectivity index (χ2v) is 5.05. The smallest absolute Gasteiger partial charge is 0.340 e. The molecule has 0 aromatic heterocycles. The number of carbonyl (C=O) groups excluding carboxylic acids is 1. The Morgan fingerprint density at radius 3 is 2.63 bits per heavy atom. The van der Waals surface area contributed by atoms with E-state index < -0.39 is 5.60 Å². The first kappa shape index (κ1) is 14.1. The summed E-state index contributed by atoms with van der Waals surface area (Å²) in [5.41, 5.74) is 0.785. The summed E-state index contributed by atoms with van der Waals surface area (Å²) in [6, 6.07) is 10.5. The normalized spacial score (nSPS) is 21.1. The Labute approximate surface area is 114 Å². The van der Waals surface area contributed by atoms with Crippen molar-refractivity contribution in [2.45, 2.75) is 44.6 Å². The van der Waals surface area contributed by atoms with Crippen LogP contribution in [0.4, 0.5) is 0 Å². The van der Waals surface area contributed by atoms with Crippen molar-refractivity contribution in [3.05, 3.63) is 35.9 Å². The van der Waals surface area contributed by atoms with Crippen molar-refractivity contribution >= 4 is 5.97 Å². The van der Waals surface area contributed by atoms with E-state index in [1.807, 2.05) is 13.0 Å². The van der Waals surface area contributed by atoms with Crippen molar-refractivity contribution in [3.8, 4) is 0 Å². The summed E-state index contributed by atoms with van der Waals surface area (Å²) in [4.78, 5) is 11.7. The summed E-state index contributed by atoms with van der Waals surface area (Å²) < 4.78 is 10.3. The highest BCUT2D eigenvalue weighted by Crippen LogP contribution is 2.34. The van der Waals surface area contributed by atoms with Gasteiger partial charge in [0.25, 0.3) is 0 Å². The molecule has 1 fully saturated rings. The molecule has 0 saturated carbocycles. The van der Waals surface area contributed by atoms with E-state index in [0.717, 1.165) is 32.1 Å². The van der Waals surface area contributed by atoms with E-state index >= 15 is 0 Å². The molecule has 1 unspecified atom stereocenters. The van der Waals surface area contributed by atoms with Gasteiger partial charge >= 0.3 is 5.97 Å². The Balaban J connectivity index is 1.61. The van der Waals surface area contributed by atoms with Crippen molar-refractivity contribution in [1.82, 2.24) is 0 Å². The first-order valence-corrected chi connectivity index (χ1v) is 7.12. The third-order valence-electron chi connectivity index (χ3n) is 3.53. The SMILES string of the molecule is CCOC(=O)C1(CCCCCc2ccccc2)CO1. The molecule has 3 nitrogen and oxygen atoms in total. The zero-order valence-corrected chi connectivity index (χ0v) is 11.6. The highest BCUT2D eigenvalue weighted by Gasteiger charge is 2.52. The minimum atomic E-state index is -0.594. The predicted octanol–water partition coefficient (Wildman–Crippen LogP) is 3.12. The molecule has 0 N–H and O–H groups in total. The second-order valence-electron chi connectivity index (χ2n) is 5.05. The molecule has 1 aromatic carbocycles. The fraction of sp³-hybridized carbons (Fsp3) is 0.562. The maximum atomic E-state index is 11.7. The van der Waals surface area contributed by atoms with Crippen LogP contribution in [0.15, 0.2) is 30.3 Å². The van der Waals surface area contributed by atoms with Gasteiger partial charge in [-0.25, -0.2) is 4.79 Å². The molecule has 1 aliphatic rings. The number of esters is 1. The summed E-state index contributed by atoms with van der Waals surface area (Å²) in [5.74, 6) is -0.182. The quantitative estimate of drug-likeness (QED) is 0.410. The van der Waals surface area contributed by atoms with Gasteiger partial charge in [-0.3, -0.25) is 0 Å². The first-order chi connectivity index (χ1) is 9.27. The molecule has 0 bridgehead atoms. The molecule has 19 heavy (non-hydrogen) atoms. The van der Waals surface area contributed by atoms with Crippen LogP contribution in [0.1, 0.15) is 38.2 Å². The molecule has 3 heteroatoms. The lowest BCUT2D eigenvalue weighted by atomic mass is 10.0. The van der Waals surface area contributed by atoms with Crippen LogP contribution in [0.25, 0.3) is 0 Å². The largest absolute Gasteiger partial charge is 0.464 e. The average Bonchev–Trinajstić information content (AvgIpc) is 3.21. The number of hydrogen-bond acceptors (Lipinski definition) is 3. The van der Waals surface area contributed by atoms with Crippen LogP contribution in [-0.2, 0) is 20.7 Å². The number of hydrogen-bond donors (Lipinski definition) is 0. The highest BCUT2D eigenvalue weighted by atomic mass is 16.6. The topological polar surface area (TPSA) is 38.8 Å². The third-order valence-corrected chi connectivity index (χ3v) is 3.53. The van der Waals surface area contributed by atoms with Gasteiger partial charge in [0.1, 0.15) is 0 Å². The molecule has 1 aromatic rings. The van der Waals surface area contributed by atoms with E-state index in [-0.39, 0.29) is 5.97 Å². The molecular formula is C16H22O3. The third kappa shape index (κ3) is 4.06. The number of carbonyl (C=O) groups is 1. The molecule has 0 radical (unpaired) electrons. The molecule has 1 atom stereocenters. The zero-order chi connectivity index (χ0) is 13.6. The molecule has 104 valence electrons. The van der Waals surface area contributed by atoms with Gasteiger partial charge in [0, 0.05) is 0 Å². The number of unbranched alkanes of at least 4 members (excludes halogenated alkanes) is 2. The Bertz CT molecular complexity index is 396. The maximum absolute atomic E-state index is 11.7. The summed E-state index contributed by atoms with van der Waals surface area (Å²) in [6.07, 6.45) is 5.20. The Morgan fingerprint density at radius 2 is 2.00 bits per heavy atom. The van der Waals surface area contributed by atoms with E-state index in [2.05, 4.69) is 24.3 Å². The van der Waals surface area contributed by atoms with Crippen LogP contribution < -0.4 is 0 Å². The van der Waals surface area contributed by atoms with Crippen LogP contribution in [0, 0.1) is 0 Å². The maximum Gasteiger partial charge on any atom is 0.340 e. The summed E-state index contributed by atoms with van der Waals surface area (Å²) in [6.45, 7) is 2.79. The van der Waals surface area contributed by atoms with E-state index in [1.165, 1.54) is 5.56 Å². The van der Waals surface area contributed by atoms with Gasteiger partial charge in [-0.15, -0.1) is 0 Å². The Hall–Kier alpha value is -1.35. The van der Waals surface area contributed by atoms with Crippen molar-refractivity contribution in [2.24, 2.45) is 0 Å². The van der Waals surface area contributed by atoms with Gasteiger partial charge < -0.3 is 9.47 Å². The Morgan fingerprint density at radius 1 is 1.26 bits per heavy atom. The lowest BCUT2D eigenvalue weighted by Crippen LogP contribution is -2.27. The molecule has 1 aliphatic heterocycles. The number of benzene rings is 1. The standard InChI is InChI=1S/C16H22O3/c1-2-18-15(17)16(13-19-16)12-8-4-7-11-14-9-5-3-6-10-14/h3,5-6,9-10H,2,4,7-8,11-13H2,1H3. The van der Waals surface area contributed by atoms with E-state index in [4.69, 9.17) is 9.47 Å². The summed E-state index contributed by atoms with van der Waals surface area (Å²) in [5, 5.41) is 0. The highest BCUT2D eigenvalue weighted by molar-refractivity contribution is 5.82.